The highest BCUT2D eigenvalue weighted by molar-refractivity contribution is 5.80. The molecule has 0 bridgehead atoms. The number of rotatable bonds is 35. The van der Waals surface area contributed by atoms with Gasteiger partial charge in [-0.15, -0.1) is 0 Å². The van der Waals surface area contributed by atoms with Crippen molar-refractivity contribution in [1.82, 2.24) is 5.32 Å². The maximum atomic E-state index is 12.4. The number of nitrogens with one attached hydrogen (secondary N) is 1. The van der Waals surface area contributed by atoms with Crippen LogP contribution < -0.4 is 5.32 Å². The smallest absolute Gasteiger partial charge is 0.249 e. The topological polar surface area (TPSA) is 89.8 Å². The van der Waals surface area contributed by atoms with Crippen molar-refractivity contribution in [2.24, 2.45) is 0 Å². The molecule has 0 heterocycles. The number of carbonyl (C=O) groups is 1. The summed E-state index contributed by atoms with van der Waals surface area (Å²) < 4.78 is 0. The van der Waals surface area contributed by atoms with E-state index < -0.39 is 24.2 Å². The fraction of sp³-hybridized carbons (Fsp3) is 0.923. The second-order valence-electron chi connectivity index (χ2n) is 13.5. The van der Waals surface area contributed by atoms with Crippen molar-refractivity contribution in [3.63, 3.8) is 0 Å². The van der Waals surface area contributed by atoms with E-state index in [-0.39, 0.29) is 6.61 Å². The van der Waals surface area contributed by atoms with Crippen molar-refractivity contribution in [3.05, 3.63) is 12.2 Å². The molecule has 262 valence electrons. The van der Waals surface area contributed by atoms with E-state index in [1.54, 1.807) is 6.08 Å². The molecule has 0 aromatic rings. The van der Waals surface area contributed by atoms with Gasteiger partial charge in [0.25, 0.3) is 0 Å². The minimum absolute atomic E-state index is 0.360. The number of unbranched alkanes of at least 4 members (excludes halogenated alkanes) is 27. The van der Waals surface area contributed by atoms with Gasteiger partial charge in [-0.25, -0.2) is 0 Å². The predicted octanol–water partition coefficient (Wildman–Crippen LogP) is 10.5. The highest BCUT2D eigenvalue weighted by atomic mass is 16.3. The third-order valence-corrected chi connectivity index (χ3v) is 9.13. The molecule has 0 aromatic carbocycles. The summed E-state index contributed by atoms with van der Waals surface area (Å²) in [6.07, 6.45) is 39.4. The molecule has 0 aliphatic rings. The van der Waals surface area contributed by atoms with E-state index >= 15 is 0 Å². The average Bonchev–Trinajstić information content (AvgIpc) is 3.03. The van der Waals surface area contributed by atoms with Crippen molar-refractivity contribution in [3.8, 4) is 0 Å². The summed E-state index contributed by atoms with van der Waals surface area (Å²) in [5.74, 6) is -0.501. The van der Waals surface area contributed by atoms with Crippen molar-refractivity contribution in [1.29, 1.82) is 0 Å². The van der Waals surface area contributed by atoms with Gasteiger partial charge in [-0.05, 0) is 19.3 Å². The fourth-order valence-corrected chi connectivity index (χ4v) is 6.01. The van der Waals surface area contributed by atoms with Gasteiger partial charge in [0.2, 0.25) is 5.91 Å². The highest BCUT2D eigenvalue weighted by Gasteiger charge is 2.22. The Hall–Kier alpha value is -0.910. The molecule has 4 N–H and O–H groups in total. The van der Waals surface area contributed by atoms with Crippen LogP contribution >= 0.6 is 0 Å². The van der Waals surface area contributed by atoms with Crippen LogP contribution in [0.4, 0.5) is 0 Å². The standard InChI is InChI=1S/C39H77NO4/c1-3-5-7-9-11-13-15-17-19-20-22-24-26-28-30-32-34-38(43)39(44)40-36(35-41)37(42)33-31-29-27-25-23-21-18-16-14-12-10-8-6-4-2/h31,33,36-38,41-43H,3-30,32,34-35H2,1-2H3,(H,40,44)/b33-31+. The Morgan fingerprint density at radius 1 is 0.545 bits per heavy atom. The van der Waals surface area contributed by atoms with Gasteiger partial charge in [-0.2, -0.15) is 0 Å². The molecule has 0 saturated heterocycles. The molecule has 0 aromatic heterocycles. The molecule has 0 aliphatic heterocycles. The summed E-state index contributed by atoms with van der Waals surface area (Å²) in [6, 6.07) is -0.791. The minimum atomic E-state index is -1.09. The minimum Gasteiger partial charge on any atom is -0.394 e. The van der Waals surface area contributed by atoms with Crippen molar-refractivity contribution >= 4 is 5.91 Å². The Balaban J connectivity index is 3.70. The van der Waals surface area contributed by atoms with Gasteiger partial charge >= 0.3 is 0 Å². The third kappa shape index (κ3) is 29.8. The Bertz CT molecular complexity index is 611. The van der Waals surface area contributed by atoms with Crippen molar-refractivity contribution in [2.45, 2.75) is 225 Å². The third-order valence-electron chi connectivity index (χ3n) is 9.13. The molecule has 0 spiro atoms. The fourth-order valence-electron chi connectivity index (χ4n) is 6.01. The molecule has 44 heavy (non-hydrogen) atoms. The van der Waals surface area contributed by atoms with Crippen molar-refractivity contribution < 1.29 is 20.1 Å². The lowest BCUT2D eigenvalue weighted by atomic mass is 10.0. The van der Waals surface area contributed by atoms with Gasteiger partial charge in [-0.3, -0.25) is 4.79 Å². The molecule has 0 radical (unpaired) electrons. The van der Waals surface area contributed by atoms with Gasteiger partial charge < -0.3 is 20.6 Å². The first-order chi connectivity index (χ1) is 21.6. The van der Waals surface area contributed by atoms with Crippen LogP contribution in [0.1, 0.15) is 206 Å². The highest BCUT2D eigenvalue weighted by Crippen LogP contribution is 2.15. The van der Waals surface area contributed by atoms with Crippen LogP contribution in [0.5, 0.6) is 0 Å². The van der Waals surface area contributed by atoms with E-state index in [9.17, 15) is 20.1 Å². The second-order valence-corrected chi connectivity index (χ2v) is 13.5. The number of aliphatic hydroxyl groups is 3. The summed E-state index contributed by atoms with van der Waals surface area (Å²) in [4.78, 5) is 12.4. The Labute approximate surface area is 274 Å². The van der Waals surface area contributed by atoms with E-state index in [0.29, 0.717) is 6.42 Å². The average molecular weight is 624 g/mol. The molecule has 3 unspecified atom stereocenters. The largest absolute Gasteiger partial charge is 0.394 e. The van der Waals surface area contributed by atoms with E-state index in [1.165, 1.54) is 154 Å². The molecular weight excluding hydrogens is 546 g/mol. The summed E-state index contributed by atoms with van der Waals surface area (Å²) in [7, 11) is 0. The molecule has 0 fully saturated rings. The lowest BCUT2D eigenvalue weighted by Gasteiger charge is -2.21. The predicted molar refractivity (Wildman–Crippen MR) is 190 cm³/mol. The zero-order valence-corrected chi connectivity index (χ0v) is 29.6. The van der Waals surface area contributed by atoms with Crippen LogP contribution in [-0.4, -0.2) is 46.1 Å². The second kappa shape index (κ2) is 35.0. The first kappa shape index (κ1) is 43.1. The van der Waals surface area contributed by atoms with Gasteiger partial charge in [0, 0.05) is 0 Å². The zero-order valence-electron chi connectivity index (χ0n) is 29.6. The van der Waals surface area contributed by atoms with E-state index in [1.807, 2.05) is 6.08 Å². The number of amides is 1. The van der Waals surface area contributed by atoms with Crippen LogP contribution in [0.25, 0.3) is 0 Å². The maximum absolute atomic E-state index is 12.4. The first-order valence-electron chi connectivity index (χ1n) is 19.5. The van der Waals surface area contributed by atoms with Crippen molar-refractivity contribution in [2.75, 3.05) is 6.61 Å². The first-order valence-corrected chi connectivity index (χ1v) is 19.5. The van der Waals surface area contributed by atoms with Gasteiger partial charge in [0.05, 0.1) is 18.8 Å². The van der Waals surface area contributed by atoms with E-state index in [4.69, 9.17) is 0 Å². The molecule has 5 nitrogen and oxygen atoms in total. The molecule has 5 heteroatoms. The summed E-state index contributed by atoms with van der Waals surface area (Å²) in [6.45, 7) is 4.18. The van der Waals surface area contributed by atoms with E-state index in [2.05, 4.69) is 19.2 Å². The Morgan fingerprint density at radius 3 is 1.25 bits per heavy atom. The SMILES string of the molecule is CCCCCCCCCCCCCC/C=C/C(O)C(CO)NC(=O)C(O)CCCCCCCCCCCCCCCCCC. The van der Waals surface area contributed by atoms with Crippen LogP contribution in [0.15, 0.2) is 12.2 Å². The molecule has 0 saturated carbocycles. The van der Waals surface area contributed by atoms with Crippen LogP contribution in [0.3, 0.4) is 0 Å². The summed E-state index contributed by atoms with van der Waals surface area (Å²) in [5, 5.41) is 33.0. The summed E-state index contributed by atoms with van der Waals surface area (Å²) >= 11 is 0. The maximum Gasteiger partial charge on any atom is 0.249 e. The van der Waals surface area contributed by atoms with E-state index in [0.717, 1.165) is 32.1 Å². The monoisotopic (exact) mass is 624 g/mol. The van der Waals surface area contributed by atoms with Gasteiger partial charge in [-0.1, -0.05) is 199 Å². The molecule has 3 atom stereocenters. The van der Waals surface area contributed by atoms with Gasteiger partial charge in [0.15, 0.2) is 0 Å². The van der Waals surface area contributed by atoms with Crippen LogP contribution in [0.2, 0.25) is 0 Å². The lowest BCUT2D eigenvalue weighted by Crippen LogP contribution is -2.48. The number of aliphatic hydroxyl groups excluding tert-OH is 3. The molecular formula is C39H77NO4. The number of hydrogen-bond acceptors (Lipinski definition) is 4. The summed E-state index contributed by atoms with van der Waals surface area (Å²) in [5.41, 5.74) is 0. The lowest BCUT2D eigenvalue weighted by molar-refractivity contribution is -0.131. The zero-order chi connectivity index (χ0) is 32.4. The molecule has 0 aliphatic carbocycles. The molecule has 1 amide bonds. The quantitative estimate of drug-likeness (QED) is 0.0418. The molecule has 0 rings (SSSR count). The Morgan fingerprint density at radius 2 is 0.886 bits per heavy atom. The number of hydrogen-bond donors (Lipinski definition) is 4. The number of allylic oxidation sites excluding steroid dienone is 1. The van der Waals surface area contributed by atoms with Gasteiger partial charge in [0.1, 0.15) is 6.10 Å². The van der Waals surface area contributed by atoms with Crippen LogP contribution in [-0.2, 0) is 4.79 Å². The number of carbonyl (C=O) groups excluding carboxylic acids is 1. The van der Waals surface area contributed by atoms with Crippen LogP contribution in [0, 0.1) is 0 Å². The normalized spacial score (nSPS) is 13.8. The Kier molecular flexibility index (Phi) is 34.2.